The third-order valence-corrected chi connectivity index (χ3v) is 1.90. The summed E-state index contributed by atoms with van der Waals surface area (Å²) in [4.78, 5) is 32.5. The van der Waals surface area contributed by atoms with Crippen molar-refractivity contribution in [3.8, 4) is 0 Å². The van der Waals surface area contributed by atoms with Crippen LogP contribution < -0.4 is 5.73 Å². The number of Topliss-reactive ketones (excluding diaryl/α,β-unsaturated/α-hetero) is 1. The molecule has 0 aliphatic carbocycles. The Morgan fingerprint density at radius 2 is 2.00 bits per heavy atom. The maximum absolute atomic E-state index is 11.3. The lowest BCUT2D eigenvalue weighted by Gasteiger charge is -2.03. The SMILES string of the molecule is NCC(=O)c1cc(C=O)ccc1C(=O)O. The highest BCUT2D eigenvalue weighted by molar-refractivity contribution is 6.07. The zero-order valence-corrected chi connectivity index (χ0v) is 7.77. The van der Waals surface area contributed by atoms with Gasteiger partial charge in [0.2, 0.25) is 0 Å². The highest BCUT2D eigenvalue weighted by Crippen LogP contribution is 2.12. The van der Waals surface area contributed by atoms with Crippen LogP contribution in [0.25, 0.3) is 0 Å². The molecule has 0 aromatic heterocycles. The van der Waals surface area contributed by atoms with E-state index >= 15 is 0 Å². The minimum Gasteiger partial charge on any atom is -0.478 e. The molecule has 0 heterocycles. The molecule has 0 atom stereocenters. The van der Waals surface area contributed by atoms with Gasteiger partial charge in [-0.15, -0.1) is 0 Å². The van der Waals surface area contributed by atoms with Gasteiger partial charge >= 0.3 is 5.97 Å². The number of hydrogen-bond acceptors (Lipinski definition) is 4. The van der Waals surface area contributed by atoms with E-state index in [1.807, 2.05) is 0 Å². The van der Waals surface area contributed by atoms with E-state index in [2.05, 4.69) is 0 Å². The Balaban J connectivity index is 3.34. The van der Waals surface area contributed by atoms with Crippen molar-refractivity contribution < 1.29 is 19.5 Å². The molecule has 15 heavy (non-hydrogen) atoms. The molecule has 0 fully saturated rings. The zero-order valence-electron chi connectivity index (χ0n) is 7.77. The van der Waals surface area contributed by atoms with Crippen molar-refractivity contribution in [3.05, 3.63) is 34.9 Å². The fraction of sp³-hybridized carbons (Fsp3) is 0.100. The fourth-order valence-electron chi connectivity index (χ4n) is 1.16. The normalized spacial score (nSPS) is 9.67. The van der Waals surface area contributed by atoms with Gasteiger partial charge < -0.3 is 10.8 Å². The topological polar surface area (TPSA) is 97.5 Å². The molecule has 78 valence electrons. The van der Waals surface area contributed by atoms with Gasteiger partial charge in [-0.05, 0) is 12.1 Å². The summed E-state index contributed by atoms with van der Waals surface area (Å²) in [6.07, 6.45) is 0.541. The predicted octanol–water partition coefficient (Wildman–Crippen LogP) is 0.339. The number of carbonyl (C=O) groups is 3. The summed E-state index contributed by atoms with van der Waals surface area (Å²) in [5.74, 6) is -1.72. The first-order chi connectivity index (χ1) is 7.10. The third-order valence-electron chi connectivity index (χ3n) is 1.90. The summed E-state index contributed by atoms with van der Waals surface area (Å²) >= 11 is 0. The molecule has 0 amide bonds. The van der Waals surface area contributed by atoms with E-state index < -0.39 is 11.8 Å². The Labute approximate surface area is 85.5 Å². The Bertz CT molecular complexity index is 425. The van der Waals surface area contributed by atoms with Gasteiger partial charge in [0.05, 0.1) is 12.1 Å². The second kappa shape index (κ2) is 4.47. The third kappa shape index (κ3) is 2.26. The predicted molar refractivity (Wildman–Crippen MR) is 52.2 cm³/mol. The van der Waals surface area contributed by atoms with Crippen LogP contribution in [0.15, 0.2) is 18.2 Å². The smallest absolute Gasteiger partial charge is 0.336 e. The molecule has 5 heteroatoms. The van der Waals surface area contributed by atoms with Crippen molar-refractivity contribution in [3.63, 3.8) is 0 Å². The van der Waals surface area contributed by atoms with Crippen LogP contribution in [0.4, 0.5) is 0 Å². The Hall–Kier alpha value is -2.01. The molecular weight excluding hydrogens is 198 g/mol. The van der Waals surface area contributed by atoms with Crippen LogP contribution in [0.3, 0.4) is 0 Å². The first-order valence-electron chi connectivity index (χ1n) is 4.16. The van der Waals surface area contributed by atoms with E-state index in [1.165, 1.54) is 18.2 Å². The van der Waals surface area contributed by atoms with Crippen LogP contribution in [0, 0.1) is 0 Å². The first-order valence-corrected chi connectivity index (χ1v) is 4.16. The lowest BCUT2D eigenvalue weighted by Crippen LogP contribution is -2.17. The van der Waals surface area contributed by atoms with Crippen molar-refractivity contribution in [2.75, 3.05) is 6.54 Å². The maximum atomic E-state index is 11.3. The quantitative estimate of drug-likeness (QED) is 0.548. The van der Waals surface area contributed by atoms with Crippen LogP contribution in [0.2, 0.25) is 0 Å². The number of carboxylic acids is 1. The maximum Gasteiger partial charge on any atom is 0.336 e. The van der Waals surface area contributed by atoms with Gasteiger partial charge in [0.15, 0.2) is 5.78 Å². The Morgan fingerprint density at radius 3 is 2.47 bits per heavy atom. The summed E-state index contributed by atoms with van der Waals surface area (Å²) in [5.41, 5.74) is 5.21. The van der Waals surface area contributed by atoms with E-state index in [9.17, 15) is 14.4 Å². The van der Waals surface area contributed by atoms with Crippen LogP contribution in [-0.4, -0.2) is 29.7 Å². The molecule has 1 aromatic carbocycles. The van der Waals surface area contributed by atoms with Gasteiger partial charge in [-0.1, -0.05) is 6.07 Å². The van der Waals surface area contributed by atoms with Crippen LogP contribution in [-0.2, 0) is 0 Å². The molecule has 3 N–H and O–H groups in total. The highest BCUT2D eigenvalue weighted by Gasteiger charge is 2.15. The fourth-order valence-corrected chi connectivity index (χ4v) is 1.16. The van der Waals surface area contributed by atoms with Crippen molar-refractivity contribution >= 4 is 18.0 Å². The van der Waals surface area contributed by atoms with Gasteiger partial charge in [0, 0.05) is 11.1 Å². The molecule has 0 saturated heterocycles. The lowest BCUT2D eigenvalue weighted by molar-refractivity contribution is 0.0692. The number of aldehydes is 1. The minimum atomic E-state index is -1.22. The summed E-state index contributed by atoms with van der Waals surface area (Å²) in [6.45, 7) is -0.289. The number of benzene rings is 1. The van der Waals surface area contributed by atoms with Crippen molar-refractivity contribution in [1.29, 1.82) is 0 Å². The van der Waals surface area contributed by atoms with Gasteiger partial charge in [-0.2, -0.15) is 0 Å². The standard InChI is InChI=1S/C10H9NO4/c11-4-9(13)8-3-6(5-12)1-2-7(8)10(14)15/h1-3,5H,4,11H2,(H,14,15). The molecule has 1 aromatic rings. The summed E-state index contributed by atoms with van der Waals surface area (Å²) in [7, 11) is 0. The lowest BCUT2D eigenvalue weighted by atomic mass is 10.0. The number of nitrogens with two attached hydrogens (primary N) is 1. The highest BCUT2D eigenvalue weighted by atomic mass is 16.4. The summed E-state index contributed by atoms with van der Waals surface area (Å²) in [6, 6.07) is 3.78. The van der Waals surface area contributed by atoms with E-state index in [-0.39, 0.29) is 23.2 Å². The molecule has 0 unspecified atom stereocenters. The molecule has 0 radical (unpaired) electrons. The summed E-state index contributed by atoms with van der Waals surface area (Å²) in [5, 5.41) is 8.79. The molecule has 0 bridgehead atoms. The minimum absolute atomic E-state index is 0.0328. The number of hydrogen-bond donors (Lipinski definition) is 2. The summed E-state index contributed by atoms with van der Waals surface area (Å²) < 4.78 is 0. The van der Waals surface area contributed by atoms with Crippen LogP contribution in [0.5, 0.6) is 0 Å². The number of aromatic carboxylic acids is 1. The monoisotopic (exact) mass is 207 g/mol. The van der Waals surface area contributed by atoms with E-state index in [0.717, 1.165) is 0 Å². The van der Waals surface area contributed by atoms with Gasteiger partial charge in [-0.3, -0.25) is 9.59 Å². The van der Waals surface area contributed by atoms with Crippen LogP contribution in [0.1, 0.15) is 31.1 Å². The Morgan fingerprint density at radius 1 is 1.33 bits per heavy atom. The largest absolute Gasteiger partial charge is 0.478 e. The molecule has 0 saturated carbocycles. The van der Waals surface area contributed by atoms with Crippen molar-refractivity contribution in [2.45, 2.75) is 0 Å². The Kier molecular flexibility index (Phi) is 3.30. The van der Waals surface area contributed by atoms with Gasteiger partial charge in [0.25, 0.3) is 0 Å². The van der Waals surface area contributed by atoms with E-state index in [1.54, 1.807) is 0 Å². The molecule has 0 aliphatic rings. The number of rotatable bonds is 4. The second-order valence-electron chi connectivity index (χ2n) is 2.86. The molecular formula is C10H9NO4. The number of carboxylic acid groups (broad SMARTS) is 1. The molecule has 1 rings (SSSR count). The second-order valence-corrected chi connectivity index (χ2v) is 2.86. The van der Waals surface area contributed by atoms with Gasteiger partial charge in [0.1, 0.15) is 6.29 Å². The molecule has 0 spiro atoms. The van der Waals surface area contributed by atoms with E-state index in [4.69, 9.17) is 10.8 Å². The number of ketones is 1. The van der Waals surface area contributed by atoms with Crippen molar-refractivity contribution in [2.24, 2.45) is 5.73 Å². The zero-order chi connectivity index (χ0) is 11.4. The average molecular weight is 207 g/mol. The first kappa shape index (κ1) is 11.1. The van der Waals surface area contributed by atoms with E-state index in [0.29, 0.717) is 6.29 Å². The van der Waals surface area contributed by atoms with Crippen LogP contribution >= 0.6 is 0 Å². The molecule has 0 aliphatic heterocycles. The molecule has 5 nitrogen and oxygen atoms in total. The average Bonchev–Trinajstić information content (AvgIpc) is 2.26. The van der Waals surface area contributed by atoms with Gasteiger partial charge in [-0.25, -0.2) is 4.79 Å². The van der Waals surface area contributed by atoms with Crippen molar-refractivity contribution in [1.82, 2.24) is 0 Å². The number of carbonyl (C=O) groups excluding carboxylic acids is 2.